The van der Waals surface area contributed by atoms with Crippen LogP contribution in [-0.2, 0) is 13.9 Å². The number of aliphatic hydroxyl groups is 1. The zero-order valence-electron chi connectivity index (χ0n) is 14.9. The smallest absolute Gasteiger partial charge is 0.191 e. The van der Waals surface area contributed by atoms with Gasteiger partial charge in [-0.1, -0.05) is 51.1 Å². The van der Waals surface area contributed by atoms with Gasteiger partial charge in [0, 0.05) is 12.2 Å². The number of aliphatic hydroxyl groups excluding tert-OH is 1. The molecule has 1 aromatic carbocycles. The van der Waals surface area contributed by atoms with Crippen LogP contribution in [0, 0.1) is 0 Å². The van der Waals surface area contributed by atoms with E-state index in [0.29, 0.717) is 19.6 Å². The summed E-state index contributed by atoms with van der Waals surface area (Å²) in [4.78, 5) is 0. The lowest BCUT2D eigenvalue weighted by Gasteiger charge is -2.38. The summed E-state index contributed by atoms with van der Waals surface area (Å²) < 4.78 is 17.7. The summed E-state index contributed by atoms with van der Waals surface area (Å²) in [5, 5.41) is 10.3. The predicted molar refractivity (Wildman–Crippen MR) is 93.8 cm³/mol. The van der Waals surface area contributed by atoms with Crippen molar-refractivity contribution < 1.29 is 19.0 Å². The number of hydrogen-bond acceptors (Lipinski definition) is 4. The fourth-order valence-electron chi connectivity index (χ4n) is 2.27. The standard InChI is InChI=1S/C18H30O4Si/c1-18(2,3)23(4,5)21-12-11-16-15(19)13-20-17(22-16)14-9-7-6-8-10-14/h6-10,15-17,19H,11-13H2,1-5H3/t15-,16+,17-/m1/s1. The summed E-state index contributed by atoms with van der Waals surface area (Å²) in [7, 11) is -1.76. The first-order chi connectivity index (χ1) is 10.7. The molecule has 1 aliphatic rings. The largest absolute Gasteiger partial charge is 0.417 e. The van der Waals surface area contributed by atoms with Crippen molar-refractivity contribution in [2.45, 2.75) is 63.8 Å². The van der Waals surface area contributed by atoms with Gasteiger partial charge in [-0.05, 0) is 24.6 Å². The van der Waals surface area contributed by atoms with Crippen molar-refractivity contribution in [3.05, 3.63) is 35.9 Å². The Labute approximate surface area is 140 Å². The molecule has 4 nitrogen and oxygen atoms in total. The summed E-state index contributed by atoms with van der Waals surface area (Å²) in [5.74, 6) is 0. The van der Waals surface area contributed by atoms with E-state index in [0.717, 1.165) is 5.56 Å². The summed E-state index contributed by atoms with van der Waals surface area (Å²) >= 11 is 0. The van der Waals surface area contributed by atoms with Gasteiger partial charge in [0.25, 0.3) is 0 Å². The van der Waals surface area contributed by atoms with Crippen molar-refractivity contribution >= 4 is 8.32 Å². The number of benzene rings is 1. The minimum Gasteiger partial charge on any atom is -0.417 e. The van der Waals surface area contributed by atoms with Crippen LogP contribution in [0.5, 0.6) is 0 Å². The van der Waals surface area contributed by atoms with E-state index in [2.05, 4.69) is 33.9 Å². The summed E-state index contributed by atoms with van der Waals surface area (Å²) in [5.41, 5.74) is 0.981. The van der Waals surface area contributed by atoms with Crippen LogP contribution < -0.4 is 0 Å². The highest BCUT2D eigenvalue weighted by Gasteiger charge is 2.38. The fraction of sp³-hybridized carbons (Fsp3) is 0.667. The van der Waals surface area contributed by atoms with E-state index >= 15 is 0 Å². The van der Waals surface area contributed by atoms with Crippen LogP contribution in [-0.4, -0.2) is 38.8 Å². The fourth-order valence-corrected chi connectivity index (χ4v) is 3.34. The lowest BCUT2D eigenvalue weighted by atomic mass is 10.1. The van der Waals surface area contributed by atoms with Gasteiger partial charge in [0.1, 0.15) is 6.10 Å². The topological polar surface area (TPSA) is 47.9 Å². The summed E-state index contributed by atoms with van der Waals surface area (Å²) in [6, 6.07) is 9.84. The van der Waals surface area contributed by atoms with Crippen LogP contribution in [0.3, 0.4) is 0 Å². The Morgan fingerprint density at radius 2 is 1.87 bits per heavy atom. The van der Waals surface area contributed by atoms with Crippen LogP contribution in [0.15, 0.2) is 30.3 Å². The van der Waals surface area contributed by atoms with Crippen molar-refractivity contribution in [1.82, 2.24) is 0 Å². The third-order valence-electron chi connectivity index (χ3n) is 4.89. The highest BCUT2D eigenvalue weighted by Crippen LogP contribution is 2.37. The highest BCUT2D eigenvalue weighted by molar-refractivity contribution is 6.74. The molecule has 3 atom stereocenters. The molecule has 0 unspecified atom stereocenters. The van der Waals surface area contributed by atoms with Gasteiger partial charge in [0.2, 0.25) is 0 Å². The van der Waals surface area contributed by atoms with E-state index in [-0.39, 0.29) is 11.1 Å². The van der Waals surface area contributed by atoms with Crippen molar-refractivity contribution in [3.63, 3.8) is 0 Å². The molecule has 1 aromatic rings. The second kappa shape index (κ2) is 7.45. The SMILES string of the molecule is CC(C)(C)[Si](C)(C)OCC[C@@H]1O[C@H](c2ccccc2)OC[C@H]1O. The molecule has 1 N–H and O–H groups in total. The Morgan fingerprint density at radius 1 is 1.22 bits per heavy atom. The average molecular weight is 339 g/mol. The number of rotatable bonds is 5. The zero-order valence-corrected chi connectivity index (χ0v) is 15.9. The molecule has 1 heterocycles. The maximum absolute atomic E-state index is 10.1. The van der Waals surface area contributed by atoms with Gasteiger partial charge in [0.15, 0.2) is 14.6 Å². The first-order valence-electron chi connectivity index (χ1n) is 8.35. The Kier molecular flexibility index (Phi) is 6.03. The van der Waals surface area contributed by atoms with Gasteiger partial charge in [-0.2, -0.15) is 0 Å². The lowest BCUT2D eigenvalue weighted by Crippen LogP contribution is -2.44. The second-order valence-corrected chi connectivity index (χ2v) is 12.5. The van der Waals surface area contributed by atoms with E-state index in [1.807, 2.05) is 30.3 Å². The molecule has 1 saturated heterocycles. The van der Waals surface area contributed by atoms with Gasteiger partial charge in [-0.3, -0.25) is 0 Å². The van der Waals surface area contributed by atoms with Crippen LogP contribution in [0.25, 0.3) is 0 Å². The predicted octanol–water partition coefficient (Wildman–Crippen LogP) is 3.87. The zero-order chi connectivity index (χ0) is 17.1. The third-order valence-corrected chi connectivity index (χ3v) is 9.43. The quantitative estimate of drug-likeness (QED) is 0.828. The Hall–Kier alpha value is -0.723. The second-order valence-electron chi connectivity index (χ2n) is 7.72. The molecule has 1 fully saturated rings. The molecule has 0 amide bonds. The molecule has 0 spiro atoms. The van der Waals surface area contributed by atoms with Crippen molar-refractivity contribution in [3.8, 4) is 0 Å². The molecule has 1 aliphatic heterocycles. The van der Waals surface area contributed by atoms with Crippen LogP contribution in [0.4, 0.5) is 0 Å². The maximum Gasteiger partial charge on any atom is 0.191 e. The van der Waals surface area contributed by atoms with E-state index in [4.69, 9.17) is 13.9 Å². The summed E-state index contributed by atoms with van der Waals surface area (Å²) in [6.07, 6.45) is -0.574. The molecule has 0 saturated carbocycles. The molecule has 0 radical (unpaired) electrons. The van der Waals surface area contributed by atoms with Gasteiger partial charge in [0.05, 0.1) is 12.7 Å². The van der Waals surface area contributed by atoms with Crippen molar-refractivity contribution in [2.75, 3.05) is 13.2 Å². The normalized spacial score (nSPS) is 26.3. The molecule has 0 aliphatic carbocycles. The van der Waals surface area contributed by atoms with Crippen molar-refractivity contribution in [2.24, 2.45) is 0 Å². The number of hydrogen-bond donors (Lipinski definition) is 1. The van der Waals surface area contributed by atoms with E-state index in [9.17, 15) is 5.11 Å². The average Bonchev–Trinajstić information content (AvgIpc) is 2.49. The van der Waals surface area contributed by atoms with E-state index in [1.54, 1.807) is 0 Å². The molecular weight excluding hydrogens is 308 g/mol. The molecule has 23 heavy (non-hydrogen) atoms. The van der Waals surface area contributed by atoms with Crippen LogP contribution in [0.1, 0.15) is 39.0 Å². The maximum atomic E-state index is 10.1. The highest BCUT2D eigenvalue weighted by atomic mass is 28.4. The summed E-state index contributed by atoms with van der Waals surface area (Å²) in [6.45, 7) is 12.1. The molecule has 0 aromatic heterocycles. The van der Waals surface area contributed by atoms with E-state index < -0.39 is 20.7 Å². The van der Waals surface area contributed by atoms with Crippen molar-refractivity contribution in [1.29, 1.82) is 0 Å². The first-order valence-corrected chi connectivity index (χ1v) is 11.3. The minimum atomic E-state index is -1.76. The first kappa shape index (κ1) is 18.6. The molecular formula is C18H30O4Si. The van der Waals surface area contributed by atoms with Gasteiger partial charge < -0.3 is 19.0 Å². The molecule has 130 valence electrons. The van der Waals surface area contributed by atoms with Gasteiger partial charge in [-0.15, -0.1) is 0 Å². The third kappa shape index (κ3) is 4.87. The lowest BCUT2D eigenvalue weighted by molar-refractivity contribution is -0.258. The monoisotopic (exact) mass is 338 g/mol. The Balaban J connectivity index is 1.89. The molecule has 5 heteroatoms. The van der Waals surface area contributed by atoms with Gasteiger partial charge >= 0.3 is 0 Å². The van der Waals surface area contributed by atoms with Gasteiger partial charge in [-0.25, -0.2) is 0 Å². The van der Waals surface area contributed by atoms with Crippen LogP contribution >= 0.6 is 0 Å². The molecule has 0 bridgehead atoms. The minimum absolute atomic E-state index is 0.189. The van der Waals surface area contributed by atoms with Crippen LogP contribution in [0.2, 0.25) is 18.1 Å². The Bertz CT molecular complexity index is 484. The molecule has 2 rings (SSSR count). The van der Waals surface area contributed by atoms with E-state index in [1.165, 1.54) is 0 Å². The Morgan fingerprint density at radius 3 is 2.48 bits per heavy atom. The number of ether oxygens (including phenoxy) is 2.